The Bertz CT molecular complexity index is 271. The molecule has 0 aliphatic rings. The molecule has 0 fully saturated rings. The molecule has 0 radical (unpaired) electrons. The fourth-order valence-electron chi connectivity index (χ4n) is 1.38. The molecule has 1 nitrogen and oxygen atoms in total. The Morgan fingerprint density at radius 2 is 2.08 bits per heavy atom. The molecule has 0 bridgehead atoms. The van der Waals surface area contributed by atoms with Crippen LogP contribution in [0.15, 0.2) is 24.3 Å². The van der Waals surface area contributed by atoms with E-state index in [9.17, 15) is 0 Å². The van der Waals surface area contributed by atoms with Crippen molar-refractivity contribution in [2.24, 2.45) is 11.7 Å². The van der Waals surface area contributed by atoms with Gasteiger partial charge in [-0.3, -0.25) is 0 Å². The zero-order valence-electron chi connectivity index (χ0n) is 8.13. The third kappa shape index (κ3) is 3.37. The molecular weight excluding hydrogens is 182 g/mol. The van der Waals surface area contributed by atoms with Gasteiger partial charge in [0.1, 0.15) is 0 Å². The first kappa shape index (κ1) is 10.6. The highest BCUT2D eigenvalue weighted by Crippen LogP contribution is 2.21. The normalized spacial score (nSPS) is 13.3. The molecule has 2 heteroatoms. The Morgan fingerprint density at radius 1 is 1.38 bits per heavy atom. The lowest BCUT2D eigenvalue weighted by Gasteiger charge is -2.14. The second-order valence-corrected chi connectivity index (χ2v) is 4.23. The number of benzene rings is 1. The van der Waals surface area contributed by atoms with E-state index in [0.717, 1.165) is 17.0 Å². The lowest BCUT2D eigenvalue weighted by molar-refractivity contribution is 0.510. The number of nitrogens with two attached hydrogens (primary N) is 1. The predicted octanol–water partition coefficient (Wildman–Crippen LogP) is 3.39. The van der Waals surface area contributed by atoms with Crippen molar-refractivity contribution in [1.82, 2.24) is 0 Å². The predicted molar refractivity (Wildman–Crippen MR) is 57.8 cm³/mol. The Morgan fingerprint density at radius 3 is 2.62 bits per heavy atom. The van der Waals surface area contributed by atoms with Crippen LogP contribution in [0.4, 0.5) is 0 Å². The fourth-order valence-corrected chi connectivity index (χ4v) is 1.58. The third-order valence-electron chi connectivity index (χ3n) is 2.00. The minimum atomic E-state index is 0.110. The van der Waals surface area contributed by atoms with Crippen molar-refractivity contribution in [1.29, 1.82) is 0 Å². The molecule has 0 amide bonds. The highest BCUT2D eigenvalue weighted by molar-refractivity contribution is 6.30. The van der Waals surface area contributed by atoms with Crippen LogP contribution in [0.1, 0.15) is 31.9 Å². The van der Waals surface area contributed by atoms with Crippen LogP contribution < -0.4 is 5.73 Å². The van der Waals surface area contributed by atoms with E-state index >= 15 is 0 Å². The summed E-state index contributed by atoms with van der Waals surface area (Å²) in [5.74, 6) is 0.619. The van der Waals surface area contributed by atoms with E-state index < -0.39 is 0 Å². The van der Waals surface area contributed by atoms with Crippen molar-refractivity contribution in [3.63, 3.8) is 0 Å². The highest BCUT2D eigenvalue weighted by atomic mass is 35.5. The maximum absolute atomic E-state index is 6.01. The van der Waals surface area contributed by atoms with E-state index in [1.54, 1.807) is 0 Å². The molecule has 0 unspecified atom stereocenters. The van der Waals surface area contributed by atoms with Gasteiger partial charge in [0.2, 0.25) is 0 Å². The fraction of sp³-hybridized carbons (Fsp3) is 0.455. The summed E-state index contributed by atoms with van der Waals surface area (Å²) >= 11 is 5.87. The van der Waals surface area contributed by atoms with Gasteiger partial charge in [-0.15, -0.1) is 0 Å². The molecule has 1 aromatic carbocycles. The molecule has 1 rings (SSSR count). The highest BCUT2D eigenvalue weighted by Gasteiger charge is 2.07. The molecule has 1 aromatic rings. The van der Waals surface area contributed by atoms with Gasteiger partial charge in [-0.05, 0) is 30.0 Å². The number of hydrogen-bond acceptors (Lipinski definition) is 1. The molecule has 0 saturated heterocycles. The maximum Gasteiger partial charge on any atom is 0.0409 e. The molecular formula is C11H16ClN. The zero-order valence-corrected chi connectivity index (χ0v) is 8.88. The van der Waals surface area contributed by atoms with Crippen LogP contribution in [0.3, 0.4) is 0 Å². The summed E-state index contributed by atoms with van der Waals surface area (Å²) in [6.07, 6.45) is 1.00. The van der Waals surface area contributed by atoms with Gasteiger partial charge in [0.05, 0.1) is 0 Å². The Balaban J connectivity index is 2.71. The van der Waals surface area contributed by atoms with Crippen molar-refractivity contribution < 1.29 is 0 Å². The summed E-state index contributed by atoms with van der Waals surface area (Å²) < 4.78 is 0. The van der Waals surface area contributed by atoms with Crippen LogP contribution in [0.2, 0.25) is 5.02 Å². The van der Waals surface area contributed by atoms with Gasteiger partial charge in [0.25, 0.3) is 0 Å². The summed E-state index contributed by atoms with van der Waals surface area (Å²) in [6.45, 7) is 4.34. The summed E-state index contributed by atoms with van der Waals surface area (Å²) in [5.41, 5.74) is 7.13. The molecule has 0 aliphatic carbocycles. The van der Waals surface area contributed by atoms with Crippen molar-refractivity contribution in [3.8, 4) is 0 Å². The molecule has 13 heavy (non-hydrogen) atoms. The quantitative estimate of drug-likeness (QED) is 0.790. The van der Waals surface area contributed by atoms with Crippen molar-refractivity contribution >= 4 is 11.6 Å². The van der Waals surface area contributed by atoms with Gasteiger partial charge < -0.3 is 5.73 Å². The average molecular weight is 198 g/mol. The maximum atomic E-state index is 6.01. The van der Waals surface area contributed by atoms with Crippen LogP contribution in [0.5, 0.6) is 0 Å². The van der Waals surface area contributed by atoms with Gasteiger partial charge in [0.15, 0.2) is 0 Å². The van der Waals surface area contributed by atoms with E-state index in [0.29, 0.717) is 5.92 Å². The van der Waals surface area contributed by atoms with Gasteiger partial charge >= 0.3 is 0 Å². The molecule has 0 saturated carbocycles. The minimum Gasteiger partial charge on any atom is -0.324 e. The Hall–Kier alpha value is -0.530. The number of hydrogen-bond donors (Lipinski definition) is 1. The van der Waals surface area contributed by atoms with Gasteiger partial charge in [-0.25, -0.2) is 0 Å². The summed E-state index contributed by atoms with van der Waals surface area (Å²) in [4.78, 5) is 0. The molecule has 72 valence electrons. The largest absolute Gasteiger partial charge is 0.324 e. The lowest BCUT2D eigenvalue weighted by atomic mass is 9.98. The Kier molecular flexibility index (Phi) is 3.76. The second kappa shape index (κ2) is 4.64. The number of rotatable bonds is 3. The van der Waals surface area contributed by atoms with Gasteiger partial charge in [-0.2, -0.15) is 0 Å². The van der Waals surface area contributed by atoms with E-state index in [2.05, 4.69) is 13.8 Å². The van der Waals surface area contributed by atoms with Crippen LogP contribution in [-0.2, 0) is 0 Å². The summed E-state index contributed by atoms with van der Waals surface area (Å²) in [6, 6.07) is 7.89. The van der Waals surface area contributed by atoms with E-state index in [4.69, 9.17) is 17.3 Å². The average Bonchev–Trinajstić information content (AvgIpc) is 2.03. The van der Waals surface area contributed by atoms with E-state index in [1.165, 1.54) is 0 Å². The van der Waals surface area contributed by atoms with Crippen molar-refractivity contribution in [2.45, 2.75) is 26.3 Å². The monoisotopic (exact) mass is 197 g/mol. The van der Waals surface area contributed by atoms with Crippen LogP contribution in [0.25, 0.3) is 0 Å². The van der Waals surface area contributed by atoms with Crippen LogP contribution in [0, 0.1) is 5.92 Å². The third-order valence-corrected chi connectivity index (χ3v) is 2.24. The first-order chi connectivity index (χ1) is 6.09. The zero-order chi connectivity index (χ0) is 9.84. The molecule has 0 heterocycles. The summed E-state index contributed by atoms with van der Waals surface area (Å²) in [5, 5.41) is 0.761. The standard InChI is InChI=1S/C11H16ClN/c1-8(2)6-11(13)9-4-3-5-10(12)7-9/h3-5,7-8,11H,6,13H2,1-2H3/t11-/m0/s1. The first-order valence-corrected chi connectivity index (χ1v) is 4.98. The van der Waals surface area contributed by atoms with Crippen LogP contribution in [-0.4, -0.2) is 0 Å². The van der Waals surface area contributed by atoms with Gasteiger partial charge in [0, 0.05) is 11.1 Å². The van der Waals surface area contributed by atoms with Gasteiger partial charge in [-0.1, -0.05) is 37.6 Å². The van der Waals surface area contributed by atoms with E-state index in [1.807, 2.05) is 24.3 Å². The Labute approximate surface area is 84.9 Å². The number of halogens is 1. The first-order valence-electron chi connectivity index (χ1n) is 4.60. The van der Waals surface area contributed by atoms with Crippen molar-refractivity contribution in [3.05, 3.63) is 34.9 Å². The molecule has 1 atom stereocenters. The SMILES string of the molecule is CC(C)C[C@H](N)c1cccc(Cl)c1. The smallest absolute Gasteiger partial charge is 0.0409 e. The molecule has 0 spiro atoms. The van der Waals surface area contributed by atoms with Crippen molar-refractivity contribution in [2.75, 3.05) is 0 Å². The molecule has 2 N–H and O–H groups in total. The molecule has 0 aromatic heterocycles. The minimum absolute atomic E-state index is 0.110. The summed E-state index contributed by atoms with van der Waals surface area (Å²) in [7, 11) is 0. The van der Waals surface area contributed by atoms with E-state index in [-0.39, 0.29) is 6.04 Å². The molecule has 0 aliphatic heterocycles. The second-order valence-electron chi connectivity index (χ2n) is 3.79. The van der Waals surface area contributed by atoms with Crippen LogP contribution >= 0.6 is 11.6 Å². The topological polar surface area (TPSA) is 26.0 Å². The lowest BCUT2D eigenvalue weighted by Crippen LogP contribution is -2.12.